The van der Waals surface area contributed by atoms with Gasteiger partial charge in [0.05, 0.1) is 11.3 Å². The van der Waals surface area contributed by atoms with Gasteiger partial charge in [0.1, 0.15) is 6.42 Å². The van der Waals surface area contributed by atoms with Crippen LogP contribution < -0.4 is 5.32 Å². The topological polar surface area (TPSA) is 66.4 Å². The summed E-state index contributed by atoms with van der Waals surface area (Å²) >= 11 is 0. The molecule has 2 N–H and O–H groups in total. The third-order valence-corrected chi connectivity index (χ3v) is 2.13. The number of hydrogen-bond acceptors (Lipinski definition) is 2. The molecular formula is C11H10F3NO3. The Morgan fingerprint density at radius 1 is 1.33 bits per heavy atom. The molecule has 1 rings (SSSR count). The first-order chi connectivity index (χ1) is 8.20. The number of hydrogen-bond donors (Lipinski definition) is 2. The fourth-order valence-corrected chi connectivity index (χ4v) is 1.38. The van der Waals surface area contributed by atoms with Crippen LogP contribution in [0.15, 0.2) is 18.2 Å². The molecular weight excluding hydrogens is 251 g/mol. The van der Waals surface area contributed by atoms with Gasteiger partial charge in [-0.05, 0) is 18.6 Å². The zero-order valence-corrected chi connectivity index (χ0v) is 9.34. The Kier molecular flexibility index (Phi) is 3.95. The average molecular weight is 261 g/mol. The van der Waals surface area contributed by atoms with Crippen LogP contribution in [0.4, 0.5) is 18.9 Å². The molecule has 0 atom stereocenters. The molecule has 0 radical (unpaired) electrons. The van der Waals surface area contributed by atoms with E-state index in [1.54, 1.807) is 0 Å². The maximum atomic E-state index is 12.0. The molecule has 0 saturated carbocycles. The summed E-state index contributed by atoms with van der Waals surface area (Å²) in [6.45, 7) is 1.50. The molecule has 0 bridgehead atoms. The van der Waals surface area contributed by atoms with E-state index in [4.69, 9.17) is 5.11 Å². The second-order valence-corrected chi connectivity index (χ2v) is 3.64. The van der Waals surface area contributed by atoms with E-state index < -0.39 is 24.5 Å². The molecule has 0 unspecified atom stereocenters. The summed E-state index contributed by atoms with van der Waals surface area (Å²) in [6.07, 6.45) is -6.28. The number of aromatic carboxylic acids is 1. The Hall–Kier alpha value is -2.05. The zero-order valence-electron chi connectivity index (χ0n) is 9.34. The molecule has 1 aromatic rings. The van der Waals surface area contributed by atoms with Crippen molar-refractivity contribution in [3.63, 3.8) is 0 Å². The Morgan fingerprint density at radius 2 is 1.94 bits per heavy atom. The Balaban J connectivity index is 2.97. The molecule has 0 aliphatic rings. The van der Waals surface area contributed by atoms with Gasteiger partial charge in [-0.2, -0.15) is 13.2 Å². The molecule has 1 aromatic carbocycles. The van der Waals surface area contributed by atoms with Crippen LogP contribution in [-0.4, -0.2) is 23.2 Å². The summed E-state index contributed by atoms with van der Waals surface area (Å²) in [6, 6.07) is 4.15. The predicted octanol–water partition coefficient (Wildman–Crippen LogP) is 2.58. The number of rotatable bonds is 3. The summed E-state index contributed by atoms with van der Waals surface area (Å²) in [5.74, 6) is -2.61. The summed E-state index contributed by atoms with van der Waals surface area (Å²) in [7, 11) is 0. The molecule has 98 valence electrons. The molecule has 0 aliphatic heterocycles. The number of para-hydroxylation sites is 1. The van der Waals surface area contributed by atoms with Gasteiger partial charge in [-0.15, -0.1) is 0 Å². The normalized spacial score (nSPS) is 11.1. The van der Waals surface area contributed by atoms with E-state index >= 15 is 0 Å². The van der Waals surface area contributed by atoms with Crippen molar-refractivity contribution in [3.8, 4) is 0 Å². The first kappa shape index (κ1) is 14.0. The summed E-state index contributed by atoms with van der Waals surface area (Å²) in [5, 5.41) is 10.8. The maximum Gasteiger partial charge on any atom is 0.397 e. The first-order valence-electron chi connectivity index (χ1n) is 4.90. The predicted molar refractivity (Wildman–Crippen MR) is 57.4 cm³/mol. The van der Waals surface area contributed by atoms with Crippen molar-refractivity contribution in [2.45, 2.75) is 19.5 Å². The van der Waals surface area contributed by atoms with Crippen LogP contribution in [0.1, 0.15) is 22.3 Å². The number of halogens is 3. The minimum absolute atomic E-state index is 0.112. The second kappa shape index (κ2) is 5.07. The minimum atomic E-state index is -4.63. The monoisotopic (exact) mass is 261 g/mol. The lowest BCUT2D eigenvalue weighted by atomic mass is 10.1. The van der Waals surface area contributed by atoms with Crippen LogP contribution in [0, 0.1) is 6.92 Å². The van der Waals surface area contributed by atoms with Crippen LogP contribution in [-0.2, 0) is 4.79 Å². The number of anilines is 1. The third-order valence-electron chi connectivity index (χ3n) is 2.13. The first-order valence-corrected chi connectivity index (χ1v) is 4.90. The molecule has 0 fully saturated rings. The van der Waals surface area contributed by atoms with Crippen molar-refractivity contribution in [2.75, 3.05) is 5.32 Å². The highest BCUT2D eigenvalue weighted by Crippen LogP contribution is 2.24. The number of benzene rings is 1. The molecule has 7 heteroatoms. The number of carbonyl (C=O) groups is 2. The van der Waals surface area contributed by atoms with Crippen LogP contribution >= 0.6 is 0 Å². The molecule has 0 aromatic heterocycles. The molecule has 18 heavy (non-hydrogen) atoms. The summed E-state index contributed by atoms with van der Waals surface area (Å²) in [4.78, 5) is 22.0. The van der Waals surface area contributed by atoms with Crippen LogP contribution in [0.25, 0.3) is 0 Å². The molecule has 0 spiro atoms. The van der Waals surface area contributed by atoms with E-state index in [9.17, 15) is 22.8 Å². The lowest BCUT2D eigenvalue weighted by Crippen LogP contribution is -2.22. The van der Waals surface area contributed by atoms with Gasteiger partial charge in [0.15, 0.2) is 0 Å². The molecule has 1 amide bonds. The Bertz CT molecular complexity index is 483. The van der Waals surface area contributed by atoms with E-state index in [-0.39, 0.29) is 11.3 Å². The van der Waals surface area contributed by atoms with E-state index in [1.165, 1.54) is 25.1 Å². The third kappa shape index (κ3) is 3.76. The van der Waals surface area contributed by atoms with Crippen molar-refractivity contribution in [2.24, 2.45) is 0 Å². The van der Waals surface area contributed by atoms with Crippen molar-refractivity contribution < 1.29 is 27.9 Å². The fraction of sp³-hybridized carbons (Fsp3) is 0.273. The average Bonchev–Trinajstić information content (AvgIpc) is 2.17. The highest BCUT2D eigenvalue weighted by atomic mass is 19.4. The second-order valence-electron chi connectivity index (χ2n) is 3.64. The van der Waals surface area contributed by atoms with Crippen LogP contribution in [0.2, 0.25) is 0 Å². The van der Waals surface area contributed by atoms with E-state index in [1.807, 2.05) is 5.32 Å². The van der Waals surface area contributed by atoms with Gasteiger partial charge in [0.25, 0.3) is 0 Å². The van der Waals surface area contributed by atoms with Gasteiger partial charge in [-0.3, -0.25) is 4.79 Å². The quantitative estimate of drug-likeness (QED) is 0.878. The minimum Gasteiger partial charge on any atom is -0.478 e. The van der Waals surface area contributed by atoms with E-state index in [2.05, 4.69) is 0 Å². The van der Waals surface area contributed by atoms with Gasteiger partial charge in [0.2, 0.25) is 5.91 Å². The van der Waals surface area contributed by atoms with Gasteiger partial charge < -0.3 is 10.4 Å². The van der Waals surface area contributed by atoms with Crippen LogP contribution in [0.3, 0.4) is 0 Å². The number of carbonyl (C=O) groups excluding carboxylic acids is 1. The van der Waals surface area contributed by atoms with Crippen molar-refractivity contribution >= 4 is 17.6 Å². The largest absolute Gasteiger partial charge is 0.478 e. The number of aryl methyl sites for hydroxylation is 1. The Morgan fingerprint density at radius 3 is 2.44 bits per heavy atom. The smallest absolute Gasteiger partial charge is 0.397 e. The molecule has 0 aliphatic carbocycles. The molecule has 0 heterocycles. The number of carboxylic acids is 1. The van der Waals surface area contributed by atoms with Gasteiger partial charge in [-0.25, -0.2) is 4.79 Å². The van der Waals surface area contributed by atoms with Gasteiger partial charge in [-0.1, -0.05) is 12.1 Å². The standard InChI is InChI=1S/C11H10F3NO3/c1-6-3-2-4-7(10(17)18)9(6)15-8(16)5-11(12,13)14/h2-4H,5H2,1H3,(H,15,16)(H,17,18). The lowest BCUT2D eigenvalue weighted by Gasteiger charge is -2.12. The highest BCUT2D eigenvalue weighted by Gasteiger charge is 2.31. The van der Waals surface area contributed by atoms with Crippen molar-refractivity contribution in [1.82, 2.24) is 0 Å². The molecule has 0 saturated heterocycles. The summed E-state index contributed by atoms with van der Waals surface area (Å²) in [5.41, 5.74) is 0.0233. The van der Waals surface area contributed by atoms with Crippen molar-refractivity contribution in [1.29, 1.82) is 0 Å². The number of amides is 1. The van der Waals surface area contributed by atoms with E-state index in [0.717, 1.165) is 0 Å². The lowest BCUT2D eigenvalue weighted by molar-refractivity contribution is -0.150. The van der Waals surface area contributed by atoms with E-state index in [0.29, 0.717) is 5.56 Å². The number of carboxylic acid groups (broad SMARTS) is 1. The maximum absolute atomic E-state index is 12.0. The van der Waals surface area contributed by atoms with Crippen molar-refractivity contribution in [3.05, 3.63) is 29.3 Å². The van der Waals surface area contributed by atoms with Gasteiger partial charge >= 0.3 is 12.1 Å². The zero-order chi connectivity index (χ0) is 13.9. The summed E-state index contributed by atoms with van der Waals surface area (Å²) < 4.78 is 36.0. The fourth-order valence-electron chi connectivity index (χ4n) is 1.38. The highest BCUT2D eigenvalue weighted by molar-refractivity contribution is 6.01. The van der Waals surface area contributed by atoms with Crippen LogP contribution in [0.5, 0.6) is 0 Å². The SMILES string of the molecule is Cc1cccc(C(=O)O)c1NC(=O)CC(F)(F)F. The molecule has 4 nitrogen and oxygen atoms in total. The number of alkyl halides is 3. The Labute approximate surface area is 100 Å². The number of nitrogens with one attached hydrogen (secondary N) is 1. The van der Waals surface area contributed by atoms with Gasteiger partial charge in [0, 0.05) is 0 Å².